The van der Waals surface area contributed by atoms with Gasteiger partial charge in [0.05, 0.1) is 16.3 Å². The molecule has 0 unspecified atom stereocenters. The summed E-state index contributed by atoms with van der Waals surface area (Å²) in [6.07, 6.45) is 1.81. The molecule has 5 rings (SSSR count). The average Bonchev–Trinajstić information content (AvgIpc) is 3.35. The molecule has 31 heavy (non-hydrogen) atoms. The number of benzene rings is 2. The van der Waals surface area contributed by atoms with E-state index in [4.69, 9.17) is 0 Å². The van der Waals surface area contributed by atoms with Crippen molar-refractivity contribution in [3.63, 3.8) is 0 Å². The number of amides is 1. The van der Waals surface area contributed by atoms with Gasteiger partial charge in [-0.05, 0) is 73.7 Å². The fourth-order valence-corrected chi connectivity index (χ4v) is 5.38. The van der Waals surface area contributed by atoms with Crippen LogP contribution < -0.4 is 0 Å². The second-order valence-electron chi connectivity index (χ2n) is 7.96. The zero-order chi connectivity index (χ0) is 21.5. The summed E-state index contributed by atoms with van der Waals surface area (Å²) in [5, 5.41) is 15.0. The lowest BCUT2D eigenvalue weighted by atomic mass is 9.89. The number of hydrogen-bond acceptors (Lipinski definition) is 4. The molecule has 158 valence electrons. The number of hydrogen-bond donors (Lipinski definition) is 1. The summed E-state index contributed by atoms with van der Waals surface area (Å²) in [5.74, 6) is 0.439. The number of nitrogens with zero attached hydrogens (tertiary/aromatic N) is 3. The predicted octanol–water partition coefficient (Wildman–Crippen LogP) is 5.26. The number of carbonyl (C=O) groups is 1. The largest absolute Gasteiger partial charge is 0.508 e. The Labute approximate surface area is 183 Å². The molecule has 0 bridgehead atoms. The van der Waals surface area contributed by atoms with Crippen LogP contribution in [0.25, 0.3) is 15.9 Å². The minimum atomic E-state index is -0.290. The lowest BCUT2D eigenvalue weighted by Crippen LogP contribution is -2.37. The minimum absolute atomic E-state index is 0.0513. The Hall–Kier alpha value is -3.19. The normalized spacial score (nSPS) is 15.0. The molecular weight excluding hydrogens is 413 g/mol. The van der Waals surface area contributed by atoms with Crippen molar-refractivity contribution in [1.82, 2.24) is 14.7 Å². The third-order valence-electron chi connectivity index (χ3n) is 5.97. The number of phenolic OH excluding ortho intramolecular Hbond substituents is 1. The van der Waals surface area contributed by atoms with Crippen LogP contribution in [-0.4, -0.2) is 38.8 Å². The molecule has 0 atom stereocenters. The van der Waals surface area contributed by atoms with E-state index in [1.807, 2.05) is 30.0 Å². The molecule has 3 heterocycles. The number of piperidine rings is 1. The van der Waals surface area contributed by atoms with E-state index in [9.17, 15) is 14.3 Å². The Balaban J connectivity index is 1.35. The molecule has 4 aromatic rings. The van der Waals surface area contributed by atoms with Gasteiger partial charge in [-0.3, -0.25) is 4.79 Å². The summed E-state index contributed by atoms with van der Waals surface area (Å²) in [4.78, 5) is 16.7. The third kappa shape index (κ3) is 3.70. The first kappa shape index (κ1) is 19.8. The van der Waals surface area contributed by atoms with Crippen LogP contribution >= 0.6 is 11.3 Å². The SMILES string of the molecule is Cc1nn(-c2ccc(F)cc2)c2sc(C(=O)N3CCC(c4ccc(O)cc4)CC3)cc12. The van der Waals surface area contributed by atoms with Crippen molar-refractivity contribution >= 4 is 27.5 Å². The maximum Gasteiger partial charge on any atom is 0.264 e. The van der Waals surface area contributed by atoms with Gasteiger partial charge in [-0.15, -0.1) is 11.3 Å². The van der Waals surface area contributed by atoms with E-state index >= 15 is 0 Å². The van der Waals surface area contributed by atoms with Crippen LogP contribution in [0.1, 0.15) is 39.7 Å². The van der Waals surface area contributed by atoms with Gasteiger partial charge in [0.2, 0.25) is 0 Å². The molecule has 1 fully saturated rings. The Morgan fingerprint density at radius 3 is 2.45 bits per heavy atom. The molecule has 0 aliphatic carbocycles. The first-order chi connectivity index (χ1) is 15.0. The summed E-state index contributed by atoms with van der Waals surface area (Å²) in [6, 6.07) is 15.5. The van der Waals surface area contributed by atoms with Crippen LogP contribution in [0.2, 0.25) is 0 Å². The Bertz CT molecular complexity index is 1240. The topological polar surface area (TPSA) is 58.4 Å². The van der Waals surface area contributed by atoms with E-state index in [2.05, 4.69) is 5.10 Å². The number of halogens is 1. The molecule has 1 N–H and O–H groups in total. The molecular formula is C24H22FN3O2S. The molecule has 7 heteroatoms. The fourth-order valence-electron chi connectivity index (χ4n) is 4.23. The molecule has 0 saturated carbocycles. The van der Waals surface area contributed by atoms with Crippen LogP contribution in [0.15, 0.2) is 54.6 Å². The standard InChI is InChI=1S/C24H22FN3O2S/c1-15-21-14-22(31-24(21)28(26-15)19-6-4-18(25)5-7-19)23(30)27-12-10-17(11-13-27)16-2-8-20(29)9-3-16/h2-9,14,17,29H,10-13H2,1H3. The summed E-state index contributed by atoms with van der Waals surface area (Å²) in [5.41, 5.74) is 2.83. The quantitative estimate of drug-likeness (QED) is 0.478. The number of aromatic hydroxyl groups is 1. The van der Waals surface area contributed by atoms with Crippen molar-refractivity contribution in [1.29, 1.82) is 0 Å². The van der Waals surface area contributed by atoms with Gasteiger partial charge in [0, 0.05) is 18.5 Å². The second-order valence-corrected chi connectivity index (χ2v) is 8.99. The molecule has 2 aromatic carbocycles. The van der Waals surface area contributed by atoms with Crippen molar-refractivity contribution in [2.75, 3.05) is 13.1 Å². The van der Waals surface area contributed by atoms with Gasteiger partial charge < -0.3 is 10.0 Å². The highest BCUT2D eigenvalue weighted by molar-refractivity contribution is 7.20. The maximum atomic E-state index is 13.3. The predicted molar refractivity (Wildman–Crippen MR) is 120 cm³/mol. The lowest BCUT2D eigenvalue weighted by Gasteiger charge is -2.32. The number of aryl methyl sites for hydroxylation is 1. The molecule has 0 radical (unpaired) electrons. The highest BCUT2D eigenvalue weighted by Gasteiger charge is 2.26. The first-order valence-electron chi connectivity index (χ1n) is 10.3. The Morgan fingerprint density at radius 2 is 1.77 bits per heavy atom. The van der Waals surface area contributed by atoms with E-state index in [0.29, 0.717) is 23.9 Å². The van der Waals surface area contributed by atoms with E-state index in [-0.39, 0.29) is 17.5 Å². The van der Waals surface area contributed by atoms with Gasteiger partial charge in [-0.1, -0.05) is 12.1 Å². The Kier molecular flexibility index (Phi) is 4.98. The molecule has 1 amide bonds. The van der Waals surface area contributed by atoms with Gasteiger partial charge in [0.1, 0.15) is 16.4 Å². The van der Waals surface area contributed by atoms with E-state index in [0.717, 1.165) is 34.4 Å². The molecule has 2 aromatic heterocycles. The molecule has 1 saturated heterocycles. The minimum Gasteiger partial charge on any atom is -0.508 e. The van der Waals surface area contributed by atoms with Gasteiger partial charge in [0.15, 0.2) is 0 Å². The van der Waals surface area contributed by atoms with Crippen LogP contribution in [0.4, 0.5) is 4.39 Å². The summed E-state index contributed by atoms with van der Waals surface area (Å²) in [7, 11) is 0. The van der Waals surface area contributed by atoms with Crippen LogP contribution in [-0.2, 0) is 0 Å². The third-order valence-corrected chi connectivity index (χ3v) is 7.07. The lowest BCUT2D eigenvalue weighted by molar-refractivity contribution is 0.0718. The number of phenols is 1. The molecule has 1 aliphatic rings. The number of rotatable bonds is 3. The maximum absolute atomic E-state index is 13.3. The molecule has 1 aliphatic heterocycles. The van der Waals surface area contributed by atoms with Crippen molar-refractivity contribution in [2.45, 2.75) is 25.7 Å². The number of likely N-dealkylation sites (tertiary alicyclic amines) is 1. The first-order valence-corrected chi connectivity index (χ1v) is 11.1. The van der Waals surface area contributed by atoms with E-state index in [1.165, 1.54) is 29.0 Å². The van der Waals surface area contributed by atoms with E-state index < -0.39 is 0 Å². The number of fused-ring (bicyclic) bond motifs is 1. The van der Waals surface area contributed by atoms with Crippen LogP contribution in [0, 0.1) is 12.7 Å². The zero-order valence-corrected chi connectivity index (χ0v) is 17.9. The van der Waals surface area contributed by atoms with Gasteiger partial charge in [-0.25, -0.2) is 9.07 Å². The smallest absolute Gasteiger partial charge is 0.264 e. The highest BCUT2D eigenvalue weighted by atomic mass is 32.1. The van der Waals surface area contributed by atoms with Gasteiger partial charge in [0.25, 0.3) is 5.91 Å². The van der Waals surface area contributed by atoms with Crippen LogP contribution in [0.5, 0.6) is 5.75 Å². The van der Waals surface area contributed by atoms with Crippen molar-refractivity contribution < 1.29 is 14.3 Å². The summed E-state index contributed by atoms with van der Waals surface area (Å²) in [6.45, 7) is 3.34. The fraction of sp³-hybridized carbons (Fsp3) is 0.250. The average molecular weight is 436 g/mol. The van der Waals surface area contributed by atoms with Crippen molar-refractivity contribution in [3.8, 4) is 11.4 Å². The molecule has 0 spiro atoms. The van der Waals surface area contributed by atoms with Gasteiger partial charge >= 0.3 is 0 Å². The van der Waals surface area contributed by atoms with Gasteiger partial charge in [-0.2, -0.15) is 5.10 Å². The van der Waals surface area contributed by atoms with Crippen molar-refractivity contribution in [2.24, 2.45) is 0 Å². The second kappa shape index (κ2) is 7.81. The zero-order valence-electron chi connectivity index (χ0n) is 17.1. The Morgan fingerprint density at radius 1 is 1.10 bits per heavy atom. The van der Waals surface area contributed by atoms with Crippen molar-refractivity contribution in [3.05, 3.63) is 76.5 Å². The number of thiophene rings is 1. The summed E-state index contributed by atoms with van der Waals surface area (Å²) >= 11 is 1.43. The highest BCUT2D eigenvalue weighted by Crippen LogP contribution is 2.33. The van der Waals surface area contributed by atoms with Crippen LogP contribution in [0.3, 0.4) is 0 Å². The monoisotopic (exact) mass is 435 g/mol. The number of carbonyl (C=O) groups excluding carboxylic acids is 1. The van der Waals surface area contributed by atoms with E-state index in [1.54, 1.807) is 28.9 Å². The molecule has 5 nitrogen and oxygen atoms in total. The summed E-state index contributed by atoms with van der Waals surface area (Å²) < 4.78 is 15.1. The number of aromatic nitrogens is 2.